The van der Waals surface area contributed by atoms with Crippen LogP contribution in [0.3, 0.4) is 0 Å². The number of nitrogens with one attached hydrogen (secondary N) is 2. The van der Waals surface area contributed by atoms with Crippen LogP contribution in [-0.2, 0) is 16.6 Å². The van der Waals surface area contributed by atoms with Gasteiger partial charge in [0.2, 0.25) is 11.8 Å². The molecule has 172 valence electrons. The number of rotatable bonds is 4. The molecule has 2 aromatic rings. The van der Waals surface area contributed by atoms with Crippen molar-refractivity contribution >= 4 is 28.4 Å². The number of amides is 2. The zero-order valence-corrected chi connectivity index (χ0v) is 19.1. The van der Waals surface area contributed by atoms with Gasteiger partial charge in [0.1, 0.15) is 0 Å². The molecule has 8 heteroatoms. The highest BCUT2D eigenvalue weighted by Gasteiger charge is 2.32. The van der Waals surface area contributed by atoms with Crippen molar-refractivity contribution < 1.29 is 9.59 Å². The van der Waals surface area contributed by atoms with Crippen LogP contribution in [0.1, 0.15) is 37.8 Å². The summed E-state index contributed by atoms with van der Waals surface area (Å²) in [6.45, 7) is 10.2. The van der Waals surface area contributed by atoms with Gasteiger partial charge in [0.15, 0.2) is 0 Å². The van der Waals surface area contributed by atoms with E-state index in [0.717, 1.165) is 67.7 Å². The maximum absolute atomic E-state index is 12.4. The molecule has 3 aliphatic rings. The number of carbonyl (C=O) groups excluding carboxylic acids is 2. The average molecular weight is 439 g/mol. The van der Waals surface area contributed by atoms with Gasteiger partial charge in [-0.3, -0.25) is 24.5 Å². The molecule has 3 saturated heterocycles. The van der Waals surface area contributed by atoms with Crippen LogP contribution in [0.25, 0.3) is 10.9 Å². The number of carbonyl (C=O) groups is 2. The van der Waals surface area contributed by atoms with Gasteiger partial charge in [-0.15, -0.1) is 0 Å². The third-order valence-electron chi connectivity index (χ3n) is 7.63. The molecule has 3 atom stereocenters. The monoisotopic (exact) mass is 438 g/mol. The molecular weight excluding hydrogens is 404 g/mol. The van der Waals surface area contributed by atoms with E-state index in [1.165, 1.54) is 18.7 Å². The highest BCUT2D eigenvalue weighted by Crippen LogP contribution is 2.32. The molecule has 5 rings (SSSR count). The Kier molecular flexibility index (Phi) is 5.90. The number of aryl methyl sites for hydroxylation is 1. The van der Waals surface area contributed by atoms with Crippen LogP contribution in [0.5, 0.6) is 0 Å². The third kappa shape index (κ3) is 4.13. The van der Waals surface area contributed by atoms with Crippen LogP contribution in [0.15, 0.2) is 18.2 Å². The zero-order valence-electron chi connectivity index (χ0n) is 19.1. The van der Waals surface area contributed by atoms with Crippen LogP contribution in [-0.4, -0.2) is 72.3 Å². The minimum Gasteiger partial charge on any atom is -0.369 e. The van der Waals surface area contributed by atoms with Crippen LogP contribution in [0.2, 0.25) is 0 Å². The largest absolute Gasteiger partial charge is 0.369 e. The van der Waals surface area contributed by atoms with E-state index >= 15 is 0 Å². The van der Waals surface area contributed by atoms with Gasteiger partial charge in [0.05, 0.1) is 17.1 Å². The van der Waals surface area contributed by atoms with E-state index in [4.69, 9.17) is 0 Å². The lowest BCUT2D eigenvalue weighted by Crippen LogP contribution is -2.49. The first-order chi connectivity index (χ1) is 15.5. The van der Waals surface area contributed by atoms with E-state index in [2.05, 4.69) is 50.7 Å². The Morgan fingerprint density at radius 2 is 1.94 bits per heavy atom. The molecular formula is C24H34N6O2. The molecule has 4 heterocycles. The minimum atomic E-state index is -0.358. The predicted molar refractivity (Wildman–Crippen MR) is 125 cm³/mol. The molecule has 3 aliphatic heterocycles. The van der Waals surface area contributed by atoms with E-state index in [1.54, 1.807) is 0 Å². The number of fused-ring (bicyclic) bond motifs is 1. The van der Waals surface area contributed by atoms with E-state index < -0.39 is 0 Å². The normalized spacial score (nSPS) is 27.7. The molecule has 0 spiro atoms. The first kappa shape index (κ1) is 21.4. The van der Waals surface area contributed by atoms with Crippen molar-refractivity contribution in [2.45, 2.75) is 32.1 Å². The number of imide groups is 1. The number of piperidine rings is 2. The maximum Gasteiger partial charge on any atom is 0.235 e. The molecule has 2 N–H and O–H groups in total. The number of anilines is 1. The first-order valence-electron chi connectivity index (χ1n) is 12.0. The van der Waals surface area contributed by atoms with Crippen LogP contribution in [0.4, 0.5) is 5.69 Å². The summed E-state index contributed by atoms with van der Waals surface area (Å²) in [6.07, 6.45) is 2.18. The minimum absolute atomic E-state index is 0.192. The average Bonchev–Trinajstić information content (AvgIpc) is 3.11. The van der Waals surface area contributed by atoms with Gasteiger partial charge >= 0.3 is 0 Å². The summed E-state index contributed by atoms with van der Waals surface area (Å²) < 4.78 is 1.87. The van der Waals surface area contributed by atoms with Crippen molar-refractivity contribution in [2.24, 2.45) is 18.9 Å². The molecule has 1 aromatic heterocycles. The van der Waals surface area contributed by atoms with Crippen LogP contribution in [0, 0.1) is 11.8 Å². The lowest BCUT2D eigenvalue weighted by molar-refractivity contribution is -0.134. The Bertz CT molecular complexity index is 1010. The number of benzene rings is 1. The van der Waals surface area contributed by atoms with Crippen LogP contribution < -0.4 is 15.5 Å². The van der Waals surface area contributed by atoms with Gasteiger partial charge in [-0.05, 0) is 56.0 Å². The maximum atomic E-state index is 12.4. The Morgan fingerprint density at radius 3 is 2.69 bits per heavy atom. The van der Waals surface area contributed by atoms with E-state index in [9.17, 15) is 9.59 Å². The third-order valence-corrected chi connectivity index (χ3v) is 7.63. The summed E-state index contributed by atoms with van der Waals surface area (Å²) in [5.41, 5.74) is 3.03. The van der Waals surface area contributed by atoms with Crippen molar-refractivity contribution in [2.75, 3.05) is 50.7 Å². The fourth-order valence-electron chi connectivity index (χ4n) is 5.54. The number of hydrogen-bond donors (Lipinski definition) is 2. The van der Waals surface area contributed by atoms with Crippen molar-refractivity contribution in [3.05, 3.63) is 23.9 Å². The quantitative estimate of drug-likeness (QED) is 0.704. The molecule has 0 saturated carbocycles. The van der Waals surface area contributed by atoms with Crippen molar-refractivity contribution in [1.29, 1.82) is 0 Å². The van der Waals surface area contributed by atoms with Gasteiger partial charge < -0.3 is 10.2 Å². The summed E-state index contributed by atoms with van der Waals surface area (Å²) in [7, 11) is 1.93. The van der Waals surface area contributed by atoms with Gasteiger partial charge in [0, 0.05) is 57.3 Å². The zero-order chi connectivity index (χ0) is 22.2. The molecule has 1 unspecified atom stereocenters. The van der Waals surface area contributed by atoms with Crippen molar-refractivity contribution in [3.63, 3.8) is 0 Å². The van der Waals surface area contributed by atoms with Gasteiger partial charge in [0.25, 0.3) is 0 Å². The van der Waals surface area contributed by atoms with Crippen molar-refractivity contribution in [3.8, 4) is 0 Å². The number of hydrogen-bond acceptors (Lipinski definition) is 6. The van der Waals surface area contributed by atoms with Gasteiger partial charge in [-0.1, -0.05) is 6.92 Å². The molecule has 1 aromatic carbocycles. The Hall–Kier alpha value is -2.45. The summed E-state index contributed by atoms with van der Waals surface area (Å²) in [5.74, 6) is 0.780. The lowest BCUT2D eigenvalue weighted by atomic mass is 9.87. The highest BCUT2D eigenvalue weighted by atomic mass is 16.2. The molecule has 0 radical (unpaired) electrons. The molecule has 0 aliphatic carbocycles. The lowest BCUT2D eigenvalue weighted by Gasteiger charge is -2.40. The number of aromatic nitrogens is 2. The van der Waals surface area contributed by atoms with E-state index in [1.807, 2.05) is 11.7 Å². The number of piperazine rings is 1. The Balaban J connectivity index is 1.27. The van der Waals surface area contributed by atoms with E-state index in [0.29, 0.717) is 12.8 Å². The number of nitrogens with zero attached hydrogens (tertiary/aromatic N) is 4. The molecule has 8 nitrogen and oxygen atoms in total. The summed E-state index contributed by atoms with van der Waals surface area (Å²) in [5, 5.41) is 11.6. The predicted octanol–water partition coefficient (Wildman–Crippen LogP) is 1.46. The molecule has 3 fully saturated rings. The van der Waals surface area contributed by atoms with Crippen LogP contribution >= 0.6 is 0 Å². The van der Waals surface area contributed by atoms with E-state index in [-0.39, 0.29) is 17.7 Å². The highest BCUT2D eigenvalue weighted by molar-refractivity contribution is 6.02. The van der Waals surface area contributed by atoms with Gasteiger partial charge in [-0.2, -0.15) is 5.10 Å². The standard InChI is InChI=1S/C24H34N6O2/c1-16-14-25-8-7-17(16)15-29-9-11-30(12-10-29)18-3-4-19-21(13-18)28(2)27-23(19)20-5-6-22(31)26-24(20)32/h3-4,13,16-17,20,25H,5-12,14-15H2,1-2H3,(H,26,31,32)/t16-,17-,20?/m1/s1. The second-order valence-corrected chi connectivity index (χ2v) is 9.73. The second-order valence-electron chi connectivity index (χ2n) is 9.73. The summed E-state index contributed by atoms with van der Waals surface area (Å²) in [6, 6.07) is 6.45. The first-order valence-corrected chi connectivity index (χ1v) is 12.0. The summed E-state index contributed by atoms with van der Waals surface area (Å²) in [4.78, 5) is 29.0. The summed E-state index contributed by atoms with van der Waals surface area (Å²) >= 11 is 0. The molecule has 32 heavy (non-hydrogen) atoms. The smallest absolute Gasteiger partial charge is 0.235 e. The fraction of sp³-hybridized carbons (Fsp3) is 0.625. The Labute approximate surface area is 189 Å². The van der Waals surface area contributed by atoms with Gasteiger partial charge in [-0.25, -0.2) is 0 Å². The fourth-order valence-corrected chi connectivity index (χ4v) is 5.54. The second kappa shape index (κ2) is 8.83. The topological polar surface area (TPSA) is 82.5 Å². The molecule has 2 amide bonds. The SMILES string of the molecule is C[C@@H]1CNCC[C@@H]1CN1CCN(c2ccc3c(C4CCC(=O)NC4=O)nn(C)c3c2)CC1. The molecule has 0 bridgehead atoms. The van der Waals surface area contributed by atoms with Crippen molar-refractivity contribution in [1.82, 2.24) is 25.3 Å². The Morgan fingerprint density at radius 1 is 1.12 bits per heavy atom.